The first kappa shape index (κ1) is 6.98. The summed E-state index contributed by atoms with van der Waals surface area (Å²) in [6.45, 7) is 0.262. The van der Waals surface area contributed by atoms with Crippen LogP contribution in [-0.4, -0.2) is 32.8 Å². The highest BCUT2D eigenvalue weighted by Crippen LogP contribution is 2.18. The van der Waals surface area contributed by atoms with Gasteiger partial charge < -0.3 is 10.5 Å². The van der Waals surface area contributed by atoms with Crippen molar-refractivity contribution in [2.45, 2.75) is 4.87 Å². The number of hydrogen-bond donors (Lipinski definition) is 1. The second-order valence-electron chi connectivity index (χ2n) is 2.33. The molecule has 54 valence electrons. The van der Waals surface area contributed by atoms with Gasteiger partial charge in [0.1, 0.15) is 0 Å². The largest absolute Gasteiger partial charge is 0.375 e. The van der Waals surface area contributed by atoms with Crippen LogP contribution >= 0.6 is 0 Å². The van der Waals surface area contributed by atoms with Crippen molar-refractivity contribution < 1.29 is 13.2 Å². The fraction of sp³-hybridized carbons (Fsp3) is 1.00. The summed E-state index contributed by atoms with van der Waals surface area (Å²) in [5.41, 5.74) is 5.37. The molecule has 0 aromatic carbocycles. The maximum atomic E-state index is 10.7. The van der Waals surface area contributed by atoms with Gasteiger partial charge in [-0.15, -0.1) is 0 Å². The van der Waals surface area contributed by atoms with Gasteiger partial charge in [-0.05, 0) is 0 Å². The summed E-state index contributed by atoms with van der Waals surface area (Å²) in [6.07, 6.45) is 1.12. The van der Waals surface area contributed by atoms with Crippen molar-refractivity contribution in [3.63, 3.8) is 0 Å². The Bertz CT molecular complexity index is 204. The van der Waals surface area contributed by atoms with Crippen LogP contribution < -0.4 is 5.73 Å². The molecule has 0 aliphatic carbocycles. The lowest BCUT2D eigenvalue weighted by Crippen LogP contribution is -2.62. The minimum atomic E-state index is -3.11. The van der Waals surface area contributed by atoms with Gasteiger partial charge in [0.05, 0.1) is 13.2 Å². The predicted octanol–water partition coefficient (Wildman–Crippen LogP) is -1.28. The first-order valence-corrected chi connectivity index (χ1v) is 4.41. The molecule has 0 radical (unpaired) electrons. The van der Waals surface area contributed by atoms with E-state index in [0.29, 0.717) is 0 Å². The highest BCUT2D eigenvalue weighted by Gasteiger charge is 2.44. The Balaban J connectivity index is 2.84. The SMILES string of the molecule is CS(=O)(=O)C1(N)COC1. The Hall–Kier alpha value is -0.130. The van der Waals surface area contributed by atoms with E-state index in [1.54, 1.807) is 0 Å². The molecule has 0 aromatic rings. The third kappa shape index (κ3) is 0.953. The minimum Gasteiger partial charge on any atom is -0.375 e. The van der Waals surface area contributed by atoms with Crippen molar-refractivity contribution in [1.29, 1.82) is 0 Å². The molecule has 2 N–H and O–H groups in total. The molecular formula is C4H9NO3S. The van der Waals surface area contributed by atoms with Crippen LogP contribution in [0.1, 0.15) is 0 Å². The van der Waals surface area contributed by atoms with Crippen molar-refractivity contribution in [3.05, 3.63) is 0 Å². The smallest absolute Gasteiger partial charge is 0.170 e. The molecular weight excluding hydrogens is 142 g/mol. The lowest BCUT2D eigenvalue weighted by Gasteiger charge is -2.35. The number of hydrogen-bond acceptors (Lipinski definition) is 4. The van der Waals surface area contributed by atoms with Crippen LogP contribution in [0.4, 0.5) is 0 Å². The van der Waals surface area contributed by atoms with Crippen LogP contribution in [0, 0.1) is 0 Å². The summed E-state index contributed by atoms with van der Waals surface area (Å²) < 4.78 is 26.1. The monoisotopic (exact) mass is 151 g/mol. The van der Waals surface area contributed by atoms with E-state index in [1.165, 1.54) is 0 Å². The molecule has 0 saturated carbocycles. The van der Waals surface area contributed by atoms with E-state index in [4.69, 9.17) is 5.73 Å². The maximum absolute atomic E-state index is 10.7. The molecule has 1 rings (SSSR count). The maximum Gasteiger partial charge on any atom is 0.170 e. The molecule has 5 heteroatoms. The fourth-order valence-electron chi connectivity index (χ4n) is 0.517. The zero-order chi connectivity index (χ0) is 7.12. The molecule has 1 fully saturated rings. The summed E-state index contributed by atoms with van der Waals surface area (Å²) in [6, 6.07) is 0. The molecule has 0 aromatic heterocycles. The third-order valence-electron chi connectivity index (χ3n) is 1.43. The summed E-state index contributed by atoms with van der Waals surface area (Å²) in [7, 11) is -3.11. The van der Waals surface area contributed by atoms with Crippen molar-refractivity contribution in [2.24, 2.45) is 5.73 Å². The van der Waals surface area contributed by atoms with E-state index >= 15 is 0 Å². The van der Waals surface area contributed by atoms with E-state index in [1.807, 2.05) is 0 Å². The standard InChI is InChI=1S/C4H9NO3S/c1-9(6,7)4(5)2-8-3-4/h2-3,5H2,1H3. The molecule has 0 unspecified atom stereocenters. The van der Waals surface area contributed by atoms with E-state index in [2.05, 4.69) is 4.74 Å². The summed E-state index contributed by atoms with van der Waals surface area (Å²) in [5, 5.41) is 0. The molecule has 1 aliphatic heterocycles. The van der Waals surface area contributed by atoms with E-state index in [9.17, 15) is 8.42 Å². The fourth-order valence-corrected chi connectivity index (χ4v) is 1.11. The molecule has 4 nitrogen and oxygen atoms in total. The van der Waals surface area contributed by atoms with E-state index in [0.717, 1.165) is 6.26 Å². The van der Waals surface area contributed by atoms with Crippen LogP contribution in [0.3, 0.4) is 0 Å². The first-order chi connectivity index (χ1) is 3.96. The van der Waals surface area contributed by atoms with Gasteiger partial charge >= 0.3 is 0 Å². The van der Waals surface area contributed by atoms with Gasteiger partial charge in [0.25, 0.3) is 0 Å². The lowest BCUT2D eigenvalue weighted by atomic mass is 10.3. The zero-order valence-electron chi connectivity index (χ0n) is 5.12. The Labute approximate surface area is 53.9 Å². The average Bonchev–Trinajstić information content (AvgIpc) is 1.57. The Kier molecular flexibility index (Phi) is 1.30. The number of ether oxygens (including phenoxy) is 1. The minimum absolute atomic E-state index is 0.131. The van der Waals surface area contributed by atoms with Crippen molar-refractivity contribution in [3.8, 4) is 0 Å². The van der Waals surface area contributed by atoms with Gasteiger partial charge in [-0.2, -0.15) is 0 Å². The number of rotatable bonds is 1. The van der Waals surface area contributed by atoms with Gasteiger partial charge in [0.2, 0.25) is 0 Å². The molecule has 0 spiro atoms. The highest BCUT2D eigenvalue weighted by atomic mass is 32.2. The summed E-state index contributed by atoms with van der Waals surface area (Å²) in [5.74, 6) is 0. The highest BCUT2D eigenvalue weighted by molar-refractivity contribution is 7.92. The van der Waals surface area contributed by atoms with E-state index in [-0.39, 0.29) is 13.2 Å². The second-order valence-corrected chi connectivity index (χ2v) is 4.69. The van der Waals surface area contributed by atoms with Crippen LogP contribution in [0.15, 0.2) is 0 Å². The predicted molar refractivity (Wildman–Crippen MR) is 32.6 cm³/mol. The molecule has 0 atom stereocenters. The lowest BCUT2D eigenvalue weighted by molar-refractivity contribution is -0.0103. The van der Waals surface area contributed by atoms with Gasteiger partial charge in [0.15, 0.2) is 14.7 Å². The number of nitrogens with two attached hydrogens (primary N) is 1. The topological polar surface area (TPSA) is 69.4 Å². The van der Waals surface area contributed by atoms with Crippen LogP contribution in [0.5, 0.6) is 0 Å². The van der Waals surface area contributed by atoms with Crippen LogP contribution in [-0.2, 0) is 14.6 Å². The second kappa shape index (κ2) is 1.68. The molecule has 9 heavy (non-hydrogen) atoms. The summed E-state index contributed by atoms with van der Waals surface area (Å²) in [4.78, 5) is -1.09. The molecule has 1 saturated heterocycles. The molecule has 1 aliphatic rings. The van der Waals surface area contributed by atoms with Crippen molar-refractivity contribution in [1.82, 2.24) is 0 Å². The summed E-state index contributed by atoms with van der Waals surface area (Å²) >= 11 is 0. The van der Waals surface area contributed by atoms with Gasteiger partial charge in [-0.25, -0.2) is 8.42 Å². The first-order valence-electron chi connectivity index (χ1n) is 2.52. The van der Waals surface area contributed by atoms with Gasteiger partial charge in [-0.3, -0.25) is 0 Å². The van der Waals surface area contributed by atoms with Gasteiger partial charge in [-0.1, -0.05) is 0 Å². The Morgan fingerprint density at radius 1 is 1.56 bits per heavy atom. The van der Waals surface area contributed by atoms with E-state index < -0.39 is 14.7 Å². The normalized spacial score (nSPS) is 25.1. The van der Waals surface area contributed by atoms with Crippen LogP contribution in [0.25, 0.3) is 0 Å². The van der Waals surface area contributed by atoms with Crippen molar-refractivity contribution >= 4 is 9.84 Å². The van der Waals surface area contributed by atoms with Gasteiger partial charge in [0, 0.05) is 6.26 Å². The Morgan fingerprint density at radius 3 is 2.00 bits per heavy atom. The average molecular weight is 151 g/mol. The Morgan fingerprint density at radius 2 is 2.00 bits per heavy atom. The third-order valence-corrected chi connectivity index (χ3v) is 3.14. The van der Waals surface area contributed by atoms with Crippen molar-refractivity contribution in [2.75, 3.05) is 19.5 Å². The number of sulfone groups is 1. The molecule has 1 heterocycles. The molecule has 0 bridgehead atoms. The zero-order valence-corrected chi connectivity index (χ0v) is 5.94. The quantitative estimate of drug-likeness (QED) is 0.506. The molecule has 0 amide bonds. The van der Waals surface area contributed by atoms with Crippen LogP contribution in [0.2, 0.25) is 0 Å².